The van der Waals surface area contributed by atoms with E-state index in [1.54, 1.807) is 0 Å². The van der Waals surface area contributed by atoms with Crippen molar-refractivity contribution in [2.45, 2.75) is 12.5 Å². The summed E-state index contributed by atoms with van der Waals surface area (Å²) in [4.78, 5) is 10.3. The van der Waals surface area contributed by atoms with Crippen LogP contribution in [-0.4, -0.2) is 42.0 Å². The number of piperidine rings is 1. The zero-order valence-corrected chi connectivity index (χ0v) is 6.79. The Morgan fingerprint density at radius 1 is 1.67 bits per heavy atom. The molecular formula is C7H14N2O3. The average molecular weight is 174 g/mol. The Bertz CT molecular complexity index is 163. The molecule has 1 rings (SSSR count). The SMILES string of the molecule is O=C(O)N[C@@H]1CCNC[C@H]1CO. The van der Waals surface area contributed by atoms with Crippen LogP contribution < -0.4 is 10.6 Å². The lowest BCUT2D eigenvalue weighted by atomic mass is 9.94. The molecule has 70 valence electrons. The van der Waals surface area contributed by atoms with E-state index in [4.69, 9.17) is 10.2 Å². The van der Waals surface area contributed by atoms with Crippen LogP contribution in [0.5, 0.6) is 0 Å². The lowest BCUT2D eigenvalue weighted by molar-refractivity contribution is 0.148. The molecule has 1 fully saturated rings. The number of nitrogens with one attached hydrogen (secondary N) is 2. The summed E-state index contributed by atoms with van der Waals surface area (Å²) in [6.45, 7) is 1.51. The summed E-state index contributed by atoms with van der Waals surface area (Å²) in [5, 5.41) is 22.9. The van der Waals surface area contributed by atoms with E-state index >= 15 is 0 Å². The summed E-state index contributed by atoms with van der Waals surface area (Å²) in [6, 6.07) is -0.103. The van der Waals surface area contributed by atoms with Crippen LogP contribution >= 0.6 is 0 Å². The van der Waals surface area contributed by atoms with E-state index in [1.807, 2.05) is 0 Å². The molecule has 0 aromatic carbocycles. The molecule has 0 aromatic rings. The van der Waals surface area contributed by atoms with Crippen LogP contribution in [0.3, 0.4) is 0 Å². The Kier molecular flexibility index (Phi) is 3.31. The van der Waals surface area contributed by atoms with Gasteiger partial charge in [-0.05, 0) is 13.0 Å². The molecule has 1 heterocycles. The maximum Gasteiger partial charge on any atom is 0.404 e. The molecule has 1 amide bonds. The normalized spacial score (nSPS) is 29.8. The van der Waals surface area contributed by atoms with Gasteiger partial charge in [-0.3, -0.25) is 0 Å². The number of carbonyl (C=O) groups is 1. The Balaban J connectivity index is 2.41. The highest BCUT2D eigenvalue weighted by molar-refractivity contribution is 5.64. The fourth-order valence-corrected chi connectivity index (χ4v) is 1.46. The molecule has 1 saturated heterocycles. The number of aliphatic hydroxyl groups excluding tert-OH is 1. The molecule has 5 nitrogen and oxygen atoms in total. The molecule has 0 radical (unpaired) electrons. The summed E-state index contributed by atoms with van der Waals surface area (Å²) in [6.07, 6.45) is -0.266. The van der Waals surface area contributed by atoms with Crippen molar-refractivity contribution in [3.05, 3.63) is 0 Å². The highest BCUT2D eigenvalue weighted by Crippen LogP contribution is 2.10. The van der Waals surface area contributed by atoms with E-state index in [0.717, 1.165) is 13.0 Å². The Morgan fingerprint density at radius 3 is 3.00 bits per heavy atom. The number of aliphatic hydroxyl groups is 1. The van der Waals surface area contributed by atoms with Gasteiger partial charge in [-0.25, -0.2) is 4.79 Å². The van der Waals surface area contributed by atoms with Crippen LogP contribution in [0.4, 0.5) is 4.79 Å². The maximum absolute atomic E-state index is 10.3. The average Bonchev–Trinajstić information content (AvgIpc) is 2.04. The first-order chi connectivity index (χ1) is 5.74. The van der Waals surface area contributed by atoms with Gasteiger partial charge in [0, 0.05) is 25.1 Å². The lowest BCUT2D eigenvalue weighted by Crippen LogP contribution is -2.50. The second kappa shape index (κ2) is 4.27. The van der Waals surface area contributed by atoms with Gasteiger partial charge in [-0.15, -0.1) is 0 Å². The maximum atomic E-state index is 10.3. The summed E-state index contributed by atoms with van der Waals surface area (Å²) < 4.78 is 0. The van der Waals surface area contributed by atoms with E-state index in [2.05, 4.69) is 10.6 Å². The summed E-state index contributed by atoms with van der Waals surface area (Å²) in [5.74, 6) is 0.00912. The standard InChI is InChI=1S/C7H14N2O3/c10-4-5-3-8-2-1-6(5)9-7(11)12/h5-6,8-10H,1-4H2,(H,11,12)/t5-,6+/m0/s1. The third kappa shape index (κ3) is 2.35. The van der Waals surface area contributed by atoms with Gasteiger partial charge in [0.05, 0.1) is 0 Å². The molecular weight excluding hydrogens is 160 g/mol. The van der Waals surface area contributed by atoms with Crippen LogP contribution in [-0.2, 0) is 0 Å². The van der Waals surface area contributed by atoms with Gasteiger partial charge in [-0.1, -0.05) is 0 Å². The molecule has 1 aliphatic rings. The smallest absolute Gasteiger partial charge is 0.404 e. The number of hydrogen-bond donors (Lipinski definition) is 4. The topological polar surface area (TPSA) is 81.6 Å². The fraction of sp³-hybridized carbons (Fsp3) is 0.857. The van der Waals surface area contributed by atoms with E-state index in [-0.39, 0.29) is 18.6 Å². The van der Waals surface area contributed by atoms with Gasteiger partial charge >= 0.3 is 6.09 Å². The molecule has 0 unspecified atom stereocenters. The van der Waals surface area contributed by atoms with Crippen molar-refractivity contribution in [2.24, 2.45) is 5.92 Å². The number of carboxylic acid groups (broad SMARTS) is 1. The minimum absolute atomic E-state index is 0.00912. The molecule has 0 spiro atoms. The zero-order chi connectivity index (χ0) is 8.97. The van der Waals surface area contributed by atoms with Gasteiger partial charge in [0.2, 0.25) is 0 Å². The number of hydrogen-bond acceptors (Lipinski definition) is 3. The van der Waals surface area contributed by atoms with E-state index < -0.39 is 6.09 Å². The first-order valence-electron chi connectivity index (χ1n) is 4.05. The molecule has 1 aliphatic heterocycles. The van der Waals surface area contributed by atoms with Crippen molar-refractivity contribution in [3.63, 3.8) is 0 Å². The predicted molar refractivity (Wildman–Crippen MR) is 43.0 cm³/mol. The second-order valence-corrected chi connectivity index (χ2v) is 2.99. The van der Waals surface area contributed by atoms with Gasteiger partial charge < -0.3 is 20.8 Å². The molecule has 0 saturated carbocycles. The lowest BCUT2D eigenvalue weighted by Gasteiger charge is -2.30. The Hall–Kier alpha value is -0.810. The Morgan fingerprint density at radius 2 is 2.42 bits per heavy atom. The fourth-order valence-electron chi connectivity index (χ4n) is 1.46. The summed E-state index contributed by atoms with van der Waals surface area (Å²) in [7, 11) is 0. The quantitative estimate of drug-likeness (QED) is 0.443. The van der Waals surface area contributed by atoms with Crippen molar-refractivity contribution in [3.8, 4) is 0 Å². The van der Waals surface area contributed by atoms with Crippen LogP contribution in [0, 0.1) is 5.92 Å². The predicted octanol–water partition coefficient (Wildman–Crippen LogP) is -0.776. The van der Waals surface area contributed by atoms with Gasteiger partial charge in [0.25, 0.3) is 0 Å². The first kappa shape index (κ1) is 9.28. The molecule has 0 bridgehead atoms. The van der Waals surface area contributed by atoms with Gasteiger partial charge in [0.15, 0.2) is 0 Å². The summed E-state index contributed by atoms with van der Waals surface area (Å²) in [5.41, 5.74) is 0. The molecule has 12 heavy (non-hydrogen) atoms. The van der Waals surface area contributed by atoms with Crippen LogP contribution in [0.2, 0.25) is 0 Å². The number of amides is 1. The van der Waals surface area contributed by atoms with Crippen molar-refractivity contribution in [1.29, 1.82) is 0 Å². The minimum atomic E-state index is -1.01. The summed E-state index contributed by atoms with van der Waals surface area (Å²) >= 11 is 0. The van der Waals surface area contributed by atoms with Crippen molar-refractivity contribution >= 4 is 6.09 Å². The highest BCUT2D eigenvalue weighted by atomic mass is 16.4. The third-order valence-electron chi connectivity index (χ3n) is 2.15. The van der Waals surface area contributed by atoms with Crippen LogP contribution in [0.25, 0.3) is 0 Å². The third-order valence-corrected chi connectivity index (χ3v) is 2.15. The van der Waals surface area contributed by atoms with Crippen molar-refractivity contribution in [1.82, 2.24) is 10.6 Å². The van der Waals surface area contributed by atoms with Crippen LogP contribution in [0.15, 0.2) is 0 Å². The van der Waals surface area contributed by atoms with Gasteiger partial charge in [-0.2, -0.15) is 0 Å². The molecule has 0 aromatic heterocycles. The van der Waals surface area contributed by atoms with Crippen LogP contribution in [0.1, 0.15) is 6.42 Å². The van der Waals surface area contributed by atoms with Crippen molar-refractivity contribution < 1.29 is 15.0 Å². The monoisotopic (exact) mass is 174 g/mol. The molecule has 4 N–H and O–H groups in total. The molecule has 5 heteroatoms. The van der Waals surface area contributed by atoms with E-state index in [0.29, 0.717) is 6.54 Å². The second-order valence-electron chi connectivity index (χ2n) is 2.99. The largest absolute Gasteiger partial charge is 0.465 e. The van der Waals surface area contributed by atoms with E-state index in [9.17, 15) is 4.79 Å². The van der Waals surface area contributed by atoms with Crippen molar-refractivity contribution in [2.75, 3.05) is 19.7 Å². The highest BCUT2D eigenvalue weighted by Gasteiger charge is 2.25. The zero-order valence-electron chi connectivity index (χ0n) is 6.79. The molecule has 2 atom stereocenters. The minimum Gasteiger partial charge on any atom is -0.465 e. The molecule has 0 aliphatic carbocycles. The van der Waals surface area contributed by atoms with E-state index in [1.165, 1.54) is 0 Å². The van der Waals surface area contributed by atoms with Gasteiger partial charge in [0.1, 0.15) is 0 Å². The first-order valence-corrected chi connectivity index (χ1v) is 4.05. The Labute approximate surface area is 70.8 Å². The number of rotatable bonds is 2.